The highest BCUT2D eigenvalue weighted by molar-refractivity contribution is 6.04. The molecule has 0 radical (unpaired) electrons. The van der Waals surface area contributed by atoms with Gasteiger partial charge in [0.15, 0.2) is 0 Å². The molecule has 9 nitrogen and oxygen atoms in total. The summed E-state index contributed by atoms with van der Waals surface area (Å²) in [5, 5.41) is 7.30. The molecule has 31 heavy (non-hydrogen) atoms. The summed E-state index contributed by atoms with van der Waals surface area (Å²) in [4.78, 5) is 40.7. The Morgan fingerprint density at radius 3 is 2.45 bits per heavy atom. The van der Waals surface area contributed by atoms with Gasteiger partial charge in [0.1, 0.15) is 6.04 Å². The van der Waals surface area contributed by atoms with Gasteiger partial charge >= 0.3 is 6.09 Å². The molecular weight excluding hydrogens is 398 g/mol. The van der Waals surface area contributed by atoms with Crippen LogP contribution in [0, 0.1) is 13.8 Å². The summed E-state index contributed by atoms with van der Waals surface area (Å²) in [5.74, 6) is -0.303. The maximum Gasteiger partial charge on any atom is 0.409 e. The van der Waals surface area contributed by atoms with Crippen LogP contribution >= 0.6 is 0 Å². The molecule has 2 aromatic rings. The van der Waals surface area contributed by atoms with Crippen molar-refractivity contribution in [3.05, 3.63) is 47.3 Å². The normalized spacial score (nSPS) is 14.8. The average Bonchev–Trinajstić information content (AvgIpc) is 3.13. The number of piperazine rings is 1. The predicted octanol–water partition coefficient (Wildman–Crippen LogP) is 2.61. The number of ether oxygens (including phenoxy) is 1. The fourth-order valence-corrected chi connectivity index (χ4v) is 3.49. The summed E-state index contributed by atoms with van der Waals surface area (Å²) in [7, 11) is 0. The minimum absolute atomic E-state index is 0.0810. The van der Waals surface area contributed by atoms with Crippen LogP contribution < -0.4 is 5.32 Å². The van der Waals surface area contributed by atoms with Crippen LogP contribution in [0.1, 0.15) is 41.5 Å². The van der Waals surface area contributed by atoms with Gasteiger partial charge in [-0.15, -0.1) is 0 Å². The molecule has 1 aromatic heterocycles. The lowest BCUT2D eigenvalue weighted by Gasteiger charge is -2.35. The first-order valence-electron chi connectivity index (χ1n) is 10.4. The molecule has 1 unspecified atom stereocenters. The van der Waals surface area contributed by atoms with E-state index in [-0.39, 0.29) is 17.9 Å². The zero-order valence-electron chi connectivity index (χ0n) is 18.4. The fourth-order valence-electron chi connectivity index (χ4n) is 3.49. The smallest absolute Gasteiger partial charge is 0.409 e. The number of hydrogen-bond donors (Lipinski definition) is 1. The third-order valence-electron chi connectivity index (χ3n) is 5.32. The molecule has 1 aromatic carbocycles. The van der Waals surface area contributed by atoms with Crippen LogP contribution in [0.4, 0.5) is 10.5 Å². The number of aromatic nitrogens is 2. The summed E-state index contributed by atoms with van der Waals surface area (Å²) in [6.45, 7) is 9.36. The van der Waals surface area contributed by atoms with Gasteiger partial charge in [-0.25, -0.2) is 4.79 Å². The quantitative estimate of drug-likeness (QED) is 0.791. The lowest BCUT2D eigenvalue weighted by molar-refractivity contribution is -0.136. The van der Waals surface area contributed by atoms with Crippen molar-refractivity contribution in [2.45, 2.75) is 33.7 Å². The van der Waals surface area contributed by atoms with Crippen LogP contribution in [0.15, 0.2) is 30.5 Å². The Hall–Kier alpha value is -3.36. The van der Waals surface area contributed by atoms with Crippen molar-refractivity contribution in [2.24, 2.45) is 0 Å². The Morgan fingerprint density at radius 1 is 1.13 bits per heavy atom. The van der Waals surface area contributed by atoms with Crippen molar-refractivity contribution in [1.82, 2.24) is 19.6 Å². The number of aryl methyl sites for hydroxylation is 2. The summed E-state index contributed by atoms with van der Waals surface area (Å²) in [5.41, 5.74) is 2.77. The standard InChI is InChI=1S/C22H29N5O4/c1-5-31-22(30)26-11-9-25(10-12-26)21(29)17(4)27-14-19(16(3)24-27)23-20(28)18-8-6-7-15(2)13-18/h6-8,13-14,17H,5,9-12H2,1-4H3,(H,23,28). The number of carbonyl (C=O) groups excluding carboxylic acids is 3. The minimum Gasteiger partial charge on any atom is -0.450 e. The first kappa shape index (κ1) is 22.3. The molecule has 1 atom stereocenters. The second kappa shape index (κ2) is 9.63. The number of benzene rings is 1. The lowest BCUT2D eigenvalue weighted by Crippen LogP contribution is -2.52. The van der Waals surface area contributed by atoms with Crippen molar-refractivity contribution in [3.8, 4) is 0 Å². The Morgan fingerprint density at radius 2 is 1.81 bits per heavy atom. The molecule has 2 heterocycles. The number of hydrogen-bond acceptors (Lipinski definition) is 5. The van der Waals surface area contributed by atoms with Gasteiger partial charge in [0, 0.05) is 37.9 Å². The van der Waals surface area contributed by atoms with E-state index in [4.69, 9.17) is 4.74 Å². The van der Waals surface area contributed by atoms with Gasteiger partial charge in [-0.1, -0.05) is 17.7 Å². The molecule has 3 amide bonds. The van der Waals surface area contributed by atoms with Crippen molar-refractivity contribution in [2.75, 3.05) is 38.1 Å². The van der Waals surface area contributed by atoms with Gasteiger partial charge < -0.3 is 19.9 Å². The molecule has 0 saturated carbocycles. The fraction of sp³-hybridized carbons (Fsp3) is 0.455. The van der Waals surface area contributed by atoms with Gasteiger partial charge in [0.2, 0.25) is 5.91 Å². The van der Waals surface area contributed by atoms with E-state index in [9.17, 15) is 14.4 Å². The Bertz CT molecular complexity index is 963. The molecule has 0 aliphatic carbocycles. The van der Waals surface area contributed by atoms with Gasteiger partial charge in [0.05, 0.1) is 18.0 Å². The number of nitrogens with zero attached hydrogens (tertiary/aromatic N) is 4. The van der Waals surface area contributed by atoms with E-state index < -0.39 is 6.04 Å². The van der Waals surface area contributed by atoms with Gasteiger partial charge in [0.25, 0.3) is 5.91 Å². The Kier molecular flexibility index (Phi) is 6.94. The van der Waals surface area contributed by atoms with Crippen LogP contribution in [0.3, 0.4) is 0 Å². The maximum absolute atomic E-state index is 12.9. The van der Waals surface area contributed by atoms with Gasteiger partial charge in [-0.2, -0.15) is 5.10 Å². The van der Waals surface area contributed by atoms with Crippen LogP contribution in [0.25, 0.3) is 0 Å². The molecule has 1 N–H and O–H groups in total. The van der Waals surface area contributed by atoms with E-state index in [0.717, 1.165) is 5.56 Å². The second-order valence-electron chi connectivity index (χ2n) is 7.62. The van der Waals surface area contributed by atoms with Gasteiger partial charge in [-0.3, -0.25) is 14.3 Å². The Balaban J connectivity index is 1.62. The van der Waals surface area contributed by atoms with E-state index in [1.54, 1.807) is 47.5 Å². The highest BCUT2D eigenvalue weighted by atomic mass is 16.6. The number of nitrogens with one attached hydrogen (secondary N) is 1. The SMILES string of the molecule is CCOC(=O)N1CCN(C(=O)C(C)n2cc(NC(=O)c3cccc(C)c3)c(C)n2)CC1. The van der Waals surface area contributed by atoms with Crippen LogP contribution in [-0.4, -0.2) is 70.3 Å². The highest BCUT2D eigenvalue weighted by Crippen LogP contribution is 2.19. The van der Waals surface area contributed by atoms with E-state index >= 15 is 0 Å². The highest BCUT2D eigenvalue weighted by Gasteiger charge is 2.29. The topological polar surface area (TPSA) is 96.8 Å². The summed E-state index contributed by atoms with van der Waals surface area (Å²) in [6, 6.07) is 6.81. The molecule has 1 saturated heterocycles. The predicted molar refractivity (Wildman–Crippen MR) is 116 cm³/mol. The molecule has 166 valence electrons. The molecule has 9 heteroatoms. The van der Waals surface area contributed by atoms with E-state index in [1.807, 2.05) is 25.1 Å². The first-order valence-corrected chi connectivity index (χ1v) is 10.4. The number of amides is 3. The van der Waals surface area contributed by atoms with E-state index in [0.29, 0.717) is 49.7 Å². The number of rotatable bonds is 5. The maximum atomic E-state index is 12.9. The summed E-state index contributed by atoms with van der Waals surface area (Å²) < 4.78 is 6.59. The largest absolute Gasteiger partial charge is 0.450 e. The lowest BCUT2D eigenvalue weighted by atomic mass is 10.1. The van der Waals surface area contributed by atoms with E-state index in [2.05, 4.69) is 10.4 Å². The third kappa shape index (κ3) is 5.22. The Labute approximate surface area is 182 Å². The second-order valence-corrected chi connectivity index (χ2v) is 7.62. The van der Waals surface area contributed by atoms with Crippen molar-refractivity contribution >= 4 is 23.6 Å². The van der Waals surface area contributed by atoms with Crippen molar-refractivity contribution in [3.63, 3.8) is 0 Å². The number of carbonyl (C=O) groups is 3. The molecule has 1 fully saturated rings. The molecule has 1 aliphatic heterocycles. The van der Waals surface area contributed by atoms with Crippen LogP contribution in [-0.2, 0) is 9.53 Å². The van der Waals surface area contributed by atoms with Crippen molar-refractivity contribution < 1.29 is 19.1 Å². The molecule has 1 aliphatic rings. The van der Waals surface area contributed by atoms with Crippen molar-refractivity contribution in [1.29, 1.82) is 0 Å². The van der Waals surface area contributed by atoms with Crippen LogP contribution in [0.5, 0.6) is 0 Å². The molecule has 3 rings (SSSR count). The summed E-state index contributed by atoms with van der Waals surface area (Å²) in [6.07, 6.45) is 1.33. The average molecular weight is 428 g/mol. The summed E-state index contributed by atoms with van der Waals surface area (Å²) >= 11 is 0. The number of anilines is 1. The molecular formula is C22H29N5O4. The molecule has 0 bridgehead atoms. The zero-order valence-corrected chi connectivity index (χ0v) is 18.4. The zero-order chi connectivity index (χ0) is 22.5. The van der Waals surface area contributed by atoms with Crippen LogP contribution in [0.2, 0.25) is 0 Å². The first-order chi connectivity index (χ1) is 14.8. The minimum atomic E-state index is -0.530. The molecule has 0 spiro atoms. The monoisotopic (exact) mass is 427 g/mol. The third-order valence-corrected chi connectivity index (χ3v) is 5.32. The van der Waals surface area contributed by atoms with E-state index in [1.165, 1.54) is 0 Å². The van der Waals surface area contributed by atoms with Gasteiger partial charge in [-0.05, 0) is 39.8 Å².